The minimum absolute atomic E-state index is 0.00742. The lowest BCUT2D eigenvalue weighted by Gasteiger charge is -2.34. The second-order valence-corrected chi connectivity index (χ2v) is 6.13. The number of nitrogens with zero attached hydrogens (tertiary/aromatic N) is 1. The monoisotopic (exact) mass is 289 g/mol. The molecule has 21 heavy (non-hydrogen) atoms. The van der Waals surface area contributed by atoms with Gasteiger partial charge in [-0.05, 0) is 50.8 Å². The van der Waals surface area contributed by atoms with Gasteiger partial charge >= 0.3 is 0 Å². The zero-order chi connectivity index (χ0) is 15.2. The van der Waals surface area contributed by atoms with E-state index in [4.69, 9.17) is 5.73 Å². The Morgan fingerprint density at radius 2 is 1.95 bits per heavy atom. The number of amides is 1. The van der Waals surface area contributed by atoms with Gasteiger partial charge in [-0.15, -0.1) is 0 Å². The number of nitrogens with one attached hydrogen (secondary N) is 1. The Bertz CT molecular complexity index is 467. The maximum absolute atomic E-state index is 12.1. The fourth-order valence-corrected chi connectivity index (χ4v) is 3.15. The predicted octanol–water partition coefficient (Wildman–Crippen LogP) is 3.11. The first-order valence-corrected chi connectivity index (χ1v) is 7.94. The van der Waals surface area contributed by atoms with E-state index in [-0.39, 0.29) is 5.91 Å². The van der Waals surface area contributed by atoms with Gasteiger partial charge in [0.2, 0.25) is 5.91 Å². The number of hydrogen-bond acceptors (Lipinski definition) is 3. The number of para-hydroxylation sites is 2. The molecule has 1 fully saturated rings. The Hall–Kier alpha value is -1.55. The van der Waals surface area contributed by atoms with Crippen LogP contribution in [0.1, 0.15) is 39.0 Å². The standard InChI is InChI=1S/C17H27N3O/c1-3-13-8-10-14(11-9-13)20(2)12-17(21)19-16-7-5-4-6-15(16)18/h4-7,13-14H,3,8-12,18H2,1-2H3,(H,19,21). The van der Waals surface area contributed by atoms with Crippen molar-refractivity contribution in [3.05, 3.63) is 24.3 Å². The molecule has 1 amide bonds. The molecule has 0 saturated heterocycles. The third-order valence-electron chi connectivity index (χ3n) is 4.64. The maximum Gasteiger partial charge on any atom is 0.238 e. The molecular weight excluding hydrogens is 262 g/mol. The van der Waals surface area contributed by atoms with Gasteiger partial charge in [-0.25, -0.2) is 0 Å². The van der Waals surface area contributed by atoms with E-state index in [1.165, 1.54) is 32.1 Å². The van der Waals surface area contributed by atoms with E-state index < -0.39 is 0 Å². The number of hydrogen-bond donors (Lipinski definition) is 2. The Balaban J connectivity index is 1.81. The van der Waals surface area contributed by atoms with Crippen LogP contribution in [0.3, 0.4) is 0 Å². The molecule has 0 atom stereocenters. The summed E-state index contributed by atoms with van der Waals surface area (Å²) in [5.41, 5.74) is 7.15. The summed E-state index contributed by atoms with van der Waals surface area (Å²) in [6.07, 6.45) is 6.27. The van der Waals surface area contributed by atoms with Gasteiger partial charge in [-0.3, -0.25) is 9.69 Å². The predicted molar refractivity (Wildman–Crippen MR) is 88.2 cm³/mol. The average Bonchev–Trinajstić information content (AvgIpc) is 2.49. The van der Waals surface area contributed by atoms with Crippen LogP contribution >= 0.6 is 0 Å². The first-order valence-electron chi connectivity index (χ1n) is 7.94. The first-order chi connectivity index (χ1) is 10.1. The minimum atomic E-state index is 0.00742. The molecule has 0 unspecified atom stereocenters. The summed E-state index contributed by atoms with van der Waals surface area (Å²) in [7, 11) is 2.05. The molecule has 0 aromatic heterocycles. The van der Waals surface area contributed by atoms with Gasteiger partial charge in [0, 0.05) is 6.04 Å². The lowest BCUT2D eigenvalue weighted by atomic mass is 9.84. The van der Waals surface area contributed by atoms with E-state index in [2.05, 4.69) is 17.1 Å². The zero-order valence-corrected chi connectivity index (χ0v) is 13.1. The number of benzene rings is 1. The molecule has 2 rings (SSSR count). The maximum atomic E-state index is 12.1. The van der Waals surface area contributed by atoms with Crippen LogP contribution in [0.15, 0.2) is 24.3 Å². The van der Waals surface area contributed by atoms with Gasteiger partial charge in [-0.2, -0.15) is 0 Å². The molecule has 0 spiro atoms. The molecule has 0 bridgehead atoms. The second kappa shape index (κ2) is 7.46. The number of rotatable bonds is 5. The summed E-state index contributed by atoms with van der Waals surface area (Å²) in [4.78, 5) is 14.3. The minimum Gasteiger partial charge on any atom is -0.397 e. The fourth-order valence-electron chi connectivity index (χ4n) is 3.15. The van der Waals surface area contributed by atoms with Crippen molar-refractivity contribution in [3.63, 3.8) is 0 Å². The highest BCUT2D eigenvalue weighted by molar-refractivity contribution is 5.95. The van der Waals surface area contributed by atoms with Gasteiger partial charge in [0.25, 0.3) is 0 Å². The van der Waals surface area contributed by atoms with E-state index in [9.17, 15) is 4.79 Å². The summed E-state index contributed by atoms with van der Waals surface area (Å²) in [5.74, 6) is 0.889. The van der Waals surface area contributed by atoms with E-state index in [1.54, 1.807) is 6.07 Å². The van der Waals surface area contributed by atoms with Crippen LogP contribution in [0, 0.1) is 5.92 Å². The van der Waals surface area contributed by atoms with Crippen LogP contribution < -0.4 is 11.1 Å². The lowest BCUT2D eigenvalue weighted by Crippen LogP contribution is -2.40. The van der Waals surface area contributed by atoms with E-state index in [1.807, 2.05) is 25.2 Å². The summed E-state index contributed by atoms with van der Waals surface area (Å²) in [6.45, 7) is 2.70. The Kier molecular flexibility index (Phi) is 5.62. The molecule has 116 valence electrons. The van der Waals surface area contributed by atoms with Crippen molar-refractivity contribution in [3.8, 4) is 0 Å². The van der Waals surface area contributed by atoms with Crippen molar-refractivity contribution in [1.82, 2.24) is 4.90 Å². The number of nitrogens with two attached hydrogens (primary N) is 1. The highest BCUT2D eigenvalue weighted by Gasteiger charge is 2.24. The molecule has 0 heterocycles. The number of likely N-dealkylation sites (N-methyl/N-ethyl adjacent to an activating group) is 1. The van der Waals surface area contributed by atoms with Crippen molar-refractivity contribution in [2.75, 3.05) is 24.6 Å². The largest absolute Gasteiger partial charge is 0.397 e. The highest BCUT2D eigenvalue weighted by atomic mass is 16.2. The molecule has 1 aliphatic rings. The quantitative estimate of drug-likeness (QED) is 0.819. The average molecular weight is 289 g/mol. The number of carbonyl (C=O) groups excluding carboxylic acids is 1. The van der Waals surface area contributed by atoms with Gasteiger partial charge in [0.15, 0.2) is 0 Å². The summed E-state index contributed by atoms with van der Waals surface area (Å²) >= 11 is 0. The third-order valence-corrected chi connectivity index (χ3v) is 4.64. The molecule has 4 nitrogen and oxygen atoms in total. The topological polar surface area (TPSA) is 58.4 Å². The third kappa shape index (κ3) is 4.46. The molecule has 1 aliphatic carbocycles. The number of carbonyl (C=O) groups is 1. The molecule has 0 radical (unpaired) electrons. The summed E-state index contributed by atoms with van der Waals surface area (Å²) < 4.78 is 0. The van der Waals surface area contributed by atoms with Crippen molar-refractivity contribution >= 4 is 17.3 Å². The lowest BCUT2D eigenvalue weighted by molar-refractivity contribution is -0.117. The Morgan fingerprint density at radius 1 is 1.29 bits per heavy atom. The van der Waals surface area contributed by atoms with Gasteiger partial charge < -0.3 is 11.1 Å². The Morgan fingerprint density at radius 3 is 2.57 bits per heavy atom. The summed E-state index contributed by atoms with van der Waals surface area (Å²) in [5, 5.41) is 2.89. The summed E-state index contributed by atoms with van der Waals surface area (Å²) in [6, 6.07) is 7.91. The molecule has 4 heteroatoms. The molecular formula is C17H27N3O. The first kappa shape index (κ1) is 15.8. The Labute approximate surface area is 127 Å². The molecule has 1 aromatic rings. The van der Waals surface area contributed by atoms with Crippen LogP contribution in [-0.2, 0) is 4.79 Å². The van der Waals surface area contributed by atoms with Crippen LogP contribution in [0.4, 0.5) is 11.4 Å². The van der Waals surface area contributed by atoms with Crippen molar-refractivity contribution < 1.29 is 4.79 Å². The molecule has 1 aromatic carbocycles. The fraction of sp³-hybridized carbons (Fsp3) is 0.588. The van der Waals surface area contributed by atoms with Gasteiger partial charge in [0.1, 0.15) is 0 Å². The number of anilines is 2. The zero-order valence-electron chi connectivity index (χ0n) is 13.1. The van der Waals surface area contributed by atoms with E-state index in [0.717, 1.165) is 5.92 Å². The van der Waals surface area contributed by atoms with Crippen LogP contribution in [0.25, 0.3) is 0 Å². The van der Waals surface area contributed by atoms with Crippen molar-refractivity contribution in [1.29, 1.82) is 0 Å². The van der Waals surface area contributed by atoms with E-state index >= 15 is 0 Å². The smallest absolute Gasteiger partial charge is 0.238 e. The van der Waals surface area contributed by atoms with E-state index in [0.29, 0.717) is 24.0 Å². The number of nitrogen functional groups attached to an aromatic ring is 1. The highest BCUT2D eigenvalue weighted by Crippen LogP contribution is 2.28. The van der Waals surface area contributed by atoms with Crippen molar-refractivity contribution in [2.24, 2.45) is 5.92 Å². The van der Waals surface area contributed by atoms with Crippen LogP contribution in [-0.4, -0.2) is 30.4 Å². The van der Waals surface area contributed by atoms with Gasteiger partial charge in [0.05, 0.1) is 17.9 Å². The van der Waals surface area contributed by atoms with Gasteiger partial charge in [-0.1, -0.05) is 25.5 Å². The van der Waals surface area contributed by atoms with Crippen LogP contribution in [0.2, 0.25) is 0 Å². The second-order valence-electron chi connectivity index (χ2n) is 6.13. The molecule has 3 N–H and O–H groups in total. The normalized spacial score (nSPS) is 22.2. The SMILES string of the molecule is CCC1CCC(N(C)CC(=O)Nc2ccccc2N)CC1. The van der Waals surface area contributed by atoms with Crippen molar-refractivity contribution in [2.45, 2.75) is 45.1 Å². The van der Waals surface area contributed by atoms with Crippen LogP contribution in [0.5, 0.6) is 0 Å². The molecule has 0 aliphatic heterocycles. The molecule has 1 saturated carbocycles.